The zero-order valence-electron chi connectivity index (χ0n) is 14.0. The van der Waals surface area contributed by atoms with Gasteiger partial charge in [-0.3, -0.25) is 9.88 Å². The largest absolute Gasteiger partial charge is 0.337 e. The molecule has 1 N–H and O–H groups in total. The minimum atomic E-state index is 0.0518. The van der Waals surface area contributed by atoms with Gasteiger partial charge in [-0.05, 0) is 23.6 Å². The summed E-state index contributed by atoms with van der Waals surface area (Å²) in [6.07, 6.45) is 1.83. The SMILES string of the molecule is C[C@@H](CNC(=O)N1CCN(Cc2ccccn2)CC1)c1cccs1. The second kappa shape index (κ2) is 8.26. The van der Waals surface area contributed by atoms with Crippen molar-refractivity contribution >= 4 is 17.4 Å². The van der Waals surface area contributed by atoms with Gasteiger partial charge in [-0.15, -0.1) is 11.3 Å². The number of rotatable bonds is 5. The molecule has 24 heavy (non-hydrogen) atoms. The molecule has 0 bridgehead atoms. The normalized spacial score (nSPS) is 16.8. The molecule has 1 aliphatic rings. The maximum absolute atomic E-state index is 12.3. The van der Waals surface area contributed by atoms with Crippen molar-refractivity contribution in [1.29, 1.82) is 0 Å². The van der Waals surface area contributed by atoms with Gasteiger partial charge in [0.1, 0.15) is 0 Å². The van der Waals surface area contributed by atoms with Crippen LogP contribution in [0.15, 0.2) is 41.9 Å². The second-order valence-electron chi connectivity index (χ2n) is 6.19. The summed E-state index contributed by atoms with van der Waals surface area (Å²) < 4.78 is 0. The molecule has 1 atom stereocenters. The molecular weight excluding hydrogens is 320 g/mol. The summed E-state index contributed by atoms with van der Waals surface area (Å²) in [6.45, 7) is 7.02. The number of aromatic nitrogens is 1. The number of hydrogen-bond acceptors (Lipinski definition) is 4. The van der Waals surface area contributed by atoms with E-state index in [1.54, 1.807) is 11.3 Å². The summed E-state index contributed by atoms with van der Waals surface area (Å²) in [5.74, 6) is 0.361. The molecule has 2 aromatic rings. The van der Waals surface area contributed by atoms with Crippen molar-refractivity contribution < 1.29 is 4.79 Å². The Morgan fingerprint density at radius 3 is 2.75 bits per heavy atom. The summed E-state index contributed by atoms with van der Waals surface area (Å²) in [5.41, 5.74) is 1.08. The van der Waals surface area contributed by atoms with Crippen molar-refractivity contribution in [3.63, 3.8) is 0 Å². The molecule has 128 valence electrons. The van der Waals surface area contributed by atoms with E-state index in [-0.39, 0.29) is 6.03 Å². The van der Waals surface area contributed by atoms with Gasteiger partial charge in [0.2, 0.25) is 0 Å². The van der Waals surface area contributed by atoms with E-state index in [4.69, 9.17) is 0 Å². The molecule has 3 rings (SSSR count). The number of nitrogens with one attached hydrogen (secondary N) is 1. The first-order valence-electron chi connectivity index (χ1n) is 8.41. The molecule has 0 saturated carbocycles. The van der Waals surface area contributed by atoms with Gasteiger partial charge in [-0.25, -0.2) is 4.79 Å². The van der Waals surface area contributed by atoms with E-state index in [1.165, 1.54) is 4.88 Å². The quantitative estimate of drug-likeness (QED) is 0.907. The molecule has 2 amide bonds. The maximum atomic E-state index is 12.3. The van der Waals surface area contributed by atoms with Gasteiger partial charge in [0.25, 0.3) is 0 Å². The molecular formula is C18H24N4OS. The number of nitrogens with zero attached hydrogens (tertiary/aromatic N) is 3. The lowest BCUT2D eigenvalue weighted by atomic mass is 10.1. The lowest BCUT2D eigenvalue weighted by Crippen LogP contribution is -2.51. The van der Waals surface area contributed by atoms with Gasteiger partial charge in [0.15, 0.2) is 0 Å². The van der Waals surface area contributed by atoms with Crippen LogP contribution in [0, 0.1) is 0 Å². The standard InChI is InChI=1S/C18H24N4OS/c1-15(17-6-4-12-24-17)13-20-18(23)22-10-8-21(9-11-22)14-16-5-2-3-7-19-16/h2-7,12,15H,8-11,13-14H2,1H3,(H,20,23)/t15-/m0/s1. The number of pyridine rings is 1. The Morgan fingerprint density at radius 1 is 1.25 bits per heavy atom. The summed E-state index contributed by atoms with van der Waals surface area (Å²) in [5, 5.41) is 5.15. The molecule has 0 spiro atoms. The number of thiophene rings is 1. The van der Waals surface area contributed by atoms with Crippen LogP contribution in [0.4, 0.5) is 4.79 Å². The first-order chi connectivity index (χ1) is 11.7. The highest BCUT2D eigenvalue weighted by atomic mass is 32.1. The van der Waals surface area contributed by atoms with Crippen LogP contribution in [0.3, 0.4) is 0 Å². The molecule has 0 aromatic carbocycles. The number of hydrogen-bond donors (Lipinski definition) is 1. The van der Waals surface area contributed by atoms with E-state index in [9.17, 15) is 4.79 Å². The van der Waals surface area contributed by atoms with Crippen molar-refractivity contribution in [3.8, 4) is 0 Å². The lowest BCUT2D eigenvalue weighted by molar-refractivity contribution is 0.134. The van der Waals surface area contributed by atoms with Gasteiger partial charge >= 0.3 is 6.03 Å². The highest BCUT2D eigenvalue weighted by Crippen LogP contribution is 2.19. The van der Waals surface area contributed by atoms with Gasteiger partial charge < -0.3 is 10.2 Å². The van der Waals surface area contributed by atoms with E-state index in [1.807, 2.05) is 29.3 Å². The van der Waals surface area contributed by atoms with Gasteiger partial charge in [-0.2, -0.15) is 0 Å². The third-order valence-corrected chi connectivity index (χ3v) is 5.46. The van der Waals surface area contributed by atoms with Gasteiger partial charge in [0, 0.05) is 56.3 Å². The highest BCUT2D eigenvalue weighted by Gasteiger charge is 2.21. The van der Waals surface area contributed by atoms with E-state index in [0.29, 0.717) is 12.5 Å². The molecule has 0 aliphatic carbocycles. The topological polar surface area (TPSA) is 48.5 Å². The van der Waals surface area contributed by atoms with Crippen LogP contribution in [0.1, 0.15) is 23.4 Å². The molecule has 1 aliphatic heterocycles. The average molecular weight is 344 g/mol. The van der Waals surface area contributed by atoms with E-state index < -0.39 is 0 Å². The van der Waals surface area contributed by atoms with Crippen LogP contribution in [-0.4, -0.2) is 53.5 Å². The van der Waals surface area contributed by atoms with Crippen LogP contribution in [0.5, 0.6) is 0 Å². The monoisotopic (exact) mass is 344 g/mol. The van der Waals surface area contributed by atoms with Crippen molar-refractivity contribution in [3.05, 3.63) is 52.5 Å². The Labute approximate surface area is 147 Å². The van der Waals surface area contributed by atoms with Crippen LogP contribution in [0.2, 0.25) is 0 Å². The molecule has 5 nitrogen and oxygen atoms in total. The maximum Gasteiger partial charge on any atom is 0.317 e. The Bertz CT molecular complexity index is 624. The fourth-order valence-electron chi connectivity index (χ4n) is 2.85. The number of carbonyl (C=O) groups is 1. The van der Waals surface area contributed by atoms with Crippen molar-refractivity contribution in [2.24, 2.45) is 0 Å². The predicted molar refractivity (Wildman–Crippen MR) is 97.2 cm³/mol. The Balaban J connectivity index is 1.40. The van der Waals surface area contributed by atoms with Crippen molar-refractivity contribution in [2.75, 3.05) is 32.7 Å². The van der Waals surface area contributed by atoms with Crippen LogP contribution < -0.4 is 5.32 Å². The number of carbonyl (C=O) groups excluding carboxylic acids is 1. The lowest BCUT2D eigenvalue weighted by Gasteiger charge is -2.34. The van der Waals surface area contributed by atoms with Crippen LogP contribution in [-0.2, 0) is 6.54 Å². The second-order valence-corrected chi connectivity index (χ2v) is 7.17. The first-order valence-corrected chi connectivity index (χ1v) is 9.29. The number of urea groups is 1. The average Bonchev–Trinajstić information content (AvgIpc) is 3.16. The van der Waals surface area contributed by atoms with Crippen molar-refractivity contribution in [2.45, 2.75) is 19.4 Å². The van der Waals surface area contributed by atoms with Crippen molar-refractivity contribution in [1.82, 2.24) is 20.1 Å². The van der Waals surface area contributed by atoms with E-state index >= 15 is 0 Å². The molecule has 6 heteroatoms. The van der Waals surface area contributed by atoms with Crippen LogP contribution in [0.25, 0.3) is 0 Å². The third-order valence-electron chi connectivity index (χ3n) is 4.36. The first kappa shape index (κ1) is 16.9. The molecule has 0 radical (unpaired) electrons. The fraction of sp³-hybridized carbons (Fsp3) is 0.444. The Kier molecular flexibility index (Phi) is 5.82. The molecule has 3 heterocycles. The number of piperazine rings is 1. The van der Waals surface area contributed by atoms with E-state index in [0.717, 1.165) is 38.4 Å². The molecule has 2 aromatic heterocycles. The zero-order valence-corrected chi connectivity index (χ0v) is 14.8. The summed E-state index contributed by atoms with van der Waals surface area (Å²) in [4.78, 5) is 22.3. The minimum Gasteiger partial charge on any atom is -0.337 e. The smallest absolute Gasteiger partial charge is 0.317 e. The third kappa shape index (κ3) is 4.55. The molecule has 1 saturated heterocycles. The summed E-state index contributed by atoms with van der Waals surface area (Å²) in [7, 11) is 0. The Morgan fingerprint density at radius 2 is 2.08 bits per heavy atom. The van der Waals surface area contributed by atoms with Crippen LogP contribution >= 0.6 is 11.3 Å². The highest BCUT2D eigenvalue weighted by molar-refractivity contribution is 7.10. The summed E-state index contributed by atoms with van der Waals surface area (Å²) in [6, 6.07) is 10.2. The van der Waals surface area contributed by atoms with Gasteiger partial charge in [0.05, 0.1) is 5.69 Å². The summed E-state index contributed by atoms with van der Waals surface area (Å²) >= 11 is 1.74. The molecule has 0 unspecified atom stereocenters. The zero-order chi connectivity index (χ0) is 16.8. The predicted octanol–water partition coefficient (Wildman–Crippen LogP) is 2.77. The minimum absolute atomic E-state index is 0.0518. The molecule has 1 fully saturated rings. The van der Waals surface area contributed by atoms with E-state index in [2.05, 4.69) is 39.6 Å². The van der Waals surface area contributed by atoms with Gasteiger partial charge in [-0.1, -0.05) is 19.1 Å². The Hall–Kier alpha value is -1.92. The number of amides is 2. The fourth-order valence-corrected chi connectivity index (χ4v) is 3.64.